The van der Waals surface area contributed by atoms with E-state index in [9.17, 15) is 19.1 Å². The van der Waals surface area contributed by atoms with Gasteiger partial charge >= 0.3 is 0 Å². The third kappa shape index (κ3) is 5.17. The fraction of sp³-hybridized carbons (Fsp3) is 0.222. The minimum absolute atomic E-state index is 0.00245. The summed E-state index contributed by atoms with van der Waals surface area (Å²) >= 11 is 0. The van der Waals surface area contributed by atoms with E-state index in [1.807, 2.05) is 30.3 Å². The van der Waals surface area contributed by atoms with Crippen LogP contribution < -0.4 is 10.6 Å². The second kappa shape index (κ2) is 8.21. The van der Waals surface area contributed by atoms with E-state index < -0.39 is 17.8 Å². The Morgan fingerprint density at radius 3 is 2.54 bits per heavy atom. The molecule has 0 saturated carbocycles. The maximum atomic E-state index is 13.8. The van der Waals surface area contributed by atoms with Gasteiger partial charge in [-0.05, 0) is 23.8 Å². The van der Waals surface area contributed by atoms with E-state index in [0.29, 0.717) is 12.1 Å². The summed E-state index contributed by atoms with van der Waals surface area (Å²) in [4.78, 5) is 23.1. The second-order valence-electron chi connectivity index (χ2n) is 5.43. The molecule has 0 spiro atoms. The van der Waals surface area contributed by atoms with Gasteiger partial charge in [-0.2, -0.15) is 0 Å². The molecule has 0 saturated heterocycles. The summed E-state index contributed by atoms with van der Waals surface area (Å²) in [6.07, 6.45) is -0.395. The quantitative estimate of drug-likeness (QED) is 0.759. The van der Waals surface area contributed by atoms with Crippen LogP contribution in [-0.4, -0.2) is 29.6 Å². The number of hydrogen-bond acceptors (Lipinski definition) is 3. The Balaban J connectivity index is 1.95. The number of rotatable bonds is 6. The van der Waals surface area contributed by atoms with Crippen molar-refractivity contribution in [3.05, 3.63) is 65.5 Å². The van der Waals surface area contributed by atoms with E-state index in [0.717, 1.165) is 11.6 Å². The number of aliphatic hydroxyl groups excluding tert-OH is 1. The van der Waals surface area contributed by atoms with Gasteiger partial charge in [-0.15, -0.1) is 0 Å². The van der Waals surface area contributed by atoms with Crippen LogP contribution in [0, 0.1) is 5.82 Å². The summed E-state index contributed by atoms with van der Waals surface area (Å²) < 4.78 is 13.8. The van der Waals surface area contributed by atoms with Gasteiger partial charge in [0.25, 0.3) is 5.91 Å². The lowest BCUT2D eigenvalue weighted by Crippen LogP contribution is -2.33. The van der Waals surface area contributed by atoms with Crippen molar-refractivity contribution in [1.29, 1.82) is 0 Å². The minimum atomic E-state index is -0.780. The molecule has 0 bridgehead atoms. The van der Waals surface area contributed by atoms with Gasteiger partial charge in [-0.1, -0.05) is 30.3 Å². The van der Waals surface area contributed by atoms with Crippen molar-refractivity contribution >= 4 is 17.5 Å². The topological polar surface area (TPSA) is 78.4 Å². The van der Waals surface area contributed by atoms with Crippen molar-refractivity contribution in [2.45, 2.75) is 19.4 Å². The Labute approximate surface area is 139 Å². The van der Waals surface area contributed by atoms with Crippen molar-refractivity contribution in [1.82, 2.24) is 5.32 Å². The molecule has 2 rings (SSSR count). The third-order valence-electron chi connectivity index (χ3n) is 3.34. The van der Waals surface area contributed by atoms with Crippen molar-refractivity contribution in [2.24, 2.45) is 0 Å². The molecule has 0 aliphatic rings. The lowest BCUT2D eigenvalue weighted by atomic mass is 10.1. The molecule has 1 atom stereocenters. The SMILES string of the molecule is CC(=O)Nc1ccc(F)c(C(=O)NC[C@@H](O)Cc2ccccc2)c1. The fourth-order valence-corrected chi connectivity index (χ4v) is 2.24. The maximum Gasteiger partial charge on any atom is 0.254 e. The number of benzene rings is 2. The molecule has 5 nitrogen and oxygen atoms in total. The van der Waals surface area contributed by atoms with E-state index in [-0.39, 0.29) is 18.0 Å². The standard InChI is InChI=1S/C18H19FN2O3/c1-12(22)21-14-7-8-17(19)16(10-14)18(24)20-11-15(23)9-13-5-3-2-4-6-13/h2-8,10,15,23H,9,11H2,1H3,(H,20,24)(H,21,22)/t15-/m0/s1. The molecule has 24 heavy (non-hydrogen) atoms. The largest absolute Gasteiger partial charge is 0.391 e. The average molecular weight is 330 g/mol. The highest BCUT2D eigenvalue weighted by atomic mass is 19.1. The highest BCUT2D eigenvalue weighted by Gasteiger charge is 2.14. The first-order valence-electron chi connectivity index (χ1n) is 7.53. The van der Waals surface area contributed by atoms with Crippen LogP contribution in [0.25, 0.3) is 0 Å². The molecule has 0 unspecified atom stereocenters. The van der Waals surface area contributed by atoms with E-state index in [1.54, 1.807) is 0 Å². The first-order chi connectivity index (χ1) is 11.5. The summed E-state index contributed by atoms with van der Waals surface area (Å²) in [5.41, 5.74) is 1.09. The number of hydrogen-bond donors (Lipinski definition) is 3. The van der Waals surface area contributed by atoms with Crippen molar-refractivity contribution in [3.63, 3.8) is 0 Å². The summed E-state index contributed by atoms with van der Waals surface area (Å²) in [7, 11) is 0. The van der Waals surface area contributed by atoms with Crippen molar-refractivity contribution in [3.8, 4) is 0 Å². The van der Waals surface area contributed by atoms with Gasteiger partial charge in [0, 0.05) is 25.6 Å². The van der Waals surface area contributed by atoms with Gasteiger partial charge in [0.1, 0.15) is 5.82 Å². The predicted octanol–water partition coefficient (Wildman–Crippen LogP) is 2.12. The number of amides is 2. The molecule has 0 aromatic heterocycles. The van der Waals surface area contributed by atoms with E-state index in [4.69, 9.17) is 0 Å². The highest BCUT2D eigenvalue weighted by molar-refractivity contribution is 5.97. The van der Waals surface area contributed by atoms with E-state index >= 15 is 0 Å². The Morgan fingerprint density at radius 1 is 1.17 bits per heavy atom. The van der Waals surface area contributed by atoms with Crippen LogP contribution in [0.1, 0.15) is 22.8 Å². The number of anilines is 1. The van der Waals surface area contributed by atoms with Gasteiger partial charge in [-0.3, -0.25) is 9.59 Å². The molecular weight excluding hydrogens is 311 g/mol. The molecule has 2 amide bonds. The third-order valence-corrected chi connectivity index (χ3v) is 3.34. The maximum absolute atomic E-state index is 13.8. The van der Waals surface area contributed by atoms with E-state index in [1.165, 1.54) is 19.1 Å². The predicted molar refractivity (Wildman–Crippen MR) is 89.2 cm³/mol. The smallest absolute Gasteiger partial charge is 0.254 e. The molecule has 2 aromatic carbocycles. The van der Waals surface area contributed by atoms with Gasteiger partial charge in [0.2, 0.25) is 5.91 Å². The summed E-state index contributed by atoms with van der Waals surface area (Å²) in [6.45, 7) is 1.32. The van der Waals surface area contributed by atoms with Gasteiger partial charge in [0.05, 0.1) is 11.7 Å². The number of halogens is 1. The lowest BCUT2D eigenvalue weighted by Gasteiger charge is -2.13. The minimum Gasteiger partial charge on any atom is -0.391 e. The van der Waals surface area contributed by atoms with Crippen LogP contribution in [0.15, 0.2) is 48.5 Å². The molecular formula is C18H19FN2O3. The number of aliphatic hydroxyl groups is 1. The number of carbonyl (C=O) groups excluding carboxylic acids is 2. The summed E-state index contributed by atoms with van der Waals surface area (Å²) in [5.74, 6) is -1.66. The zero-order valence-corrected chi connectivity index (χ0v) is 13.3. The van der Waals surface area contributed by atoms with Crippen LogP contribution in [0.3, 0.4) is 0 Å². The lowest BCUT2D eigenvalue weighted by molar-refractivity contribution is -0.114. The first kappa shape index (κ1) is 17.6. The molecule has 0 aliphatic carbocycles. The van der Waals surface area contributed by atoms with Crippen molar-refractivity contribution in [2.75, 3.05) is 11.9 Å². The van der Waals surface area contributed by atoms with Gasteiger partial charge < -0.3 is 15.7 Å². The highest BCUT2D eigenvalue weighted by Crippen LogP contribution is 2.15. The molecule has 3 N–H and O–H groups in total. The van der Waals surface area contributed by atoms with Crippen LogP contribution in [0.2, 0.25) is 0 Å². The molecule has 0 fully saturated rings. The molecule has 0 radical (unpaired) electrons. The average Bonchev–Trinajstić information content (AvgIpc) is 2.55. The Hall–Kier alpha value is -2.73. The molecule has 0 aliphatic heterocycles. The second-order valence-corrected chi connectivity index (χ2v) is 5.43. The summed E-state index contributed by atoms with van der Waals surface area (Å²) in [5, 5.41) is 15.0. The summed E-state index contributed by atoms with van der Waals surface area (Å²) in [6, 6.07) is 13.1. The monoisotopic (exact) mass is 330 g/mol. The van der Waals surface area contributed by atoms with Crippen molar-refractivity contribution < 1.29 is 19.1 Å². The molecule has 2 aromatic rings. The normalized spacial score (nSPS) is 11.6. The van der Waals surface area contributed by atoms with Crippen LogP contribution >= 0.6 is 0 Å². The number of carbonyl (C=O) groups is 2. The molecule has 6 heteroatoms. The Morgan fingerprint density at radius 2 is 1.88 bits per heavy atom. The molecule has 126 valence electrons. The fourth-order valence-electron chi connectivity index (χ4n) is 2.24. The van der Waals surface area contributed by atoms with Crippen LogP contribution in [-0.2, 0) is 11.2 Å². The molecule has 0 heterocycles. The van der Waals surface area contributed by atoms with Crippen LogP contribution in [0.5, 0.6) is 0 Å². The first-order valence-corrected chi connectivity index (χ1v) is 7.53. The van der Waals surface area contributed by atoms with Gasteiger partial charge in [-0.25, -0.2) is 4.39 Å². The van der Waals surface area contributed by atoms with Gasteiger partial charge in [0.15, 0.2) is 0 Å². The zero-order chi connectivity index (χ0) is 17.5. The van der Waals surface area contributed by atoms with Crippen LogP contribution in [0.4, 0.5) is 10.1 Å². The number of nitrogens with one attached hydrogen (secondary N) is 2. The Bertz CT molecular complexity index is 719. The zero-order valence-electron chi connectivity index (χ0n) is 13.3. The van der Waals surface area contributed by atoms with E-state index in [2.05, 4.69) is 10.6 Å². The Kier molecular flexibility index (Phi) is 6.03.